The number of aromatic nitrogens is 3. The van der Waals surface area contributed by atoms with Gasteiger partial charge in [0.25, 0.3) is 0 Å². The molecule has 110 valence electrons. The topological polar surface area (TPSA) is 97.1 Å². The van der Waals surface area contributed by atoms with E-state index in [9.17, 15) is 14.7 Å². The smallest absolute Gasteiger partial charge is 0.358 e. The van der Waals surface area contributed by atoms with Gasteiger partial charge in [0.15, 0.2) is 5.69 Å². The Balaban J connectivity index is 1.97. The van der Waals surface area contributed by atoms with Crippen LogP contribution in [-0.4, -0.2) is 38.0 Å². The van der Waals surface area contributed by atoms with E-state index in [0.717, 1.165) is 17.7 Å². The van der Waals surface area contributed by atoms with Gasteiger partial charge in [-0.15, -0.1) is 16.4 Å². The van der Waals surface area contributed by atoms with Crippen molar-refractivity contribution in [2.45, 2.75) is 31.8 Å². The third-order valence-electron chi connectivity index (χ3n) is 3.32. The summed E-state index contributed by atoms with van der Waals surface area (Å²) in [5.41, 5.74) is 0.236. The Labute approximate surface area is 124 Å². The van der Waals surface area contributed by atoms with E-state index in [4.69, 9.17) is 0 Å². The molecule has 1 unspecified atom stereocenters. The number of carboxylic acid groups (broad SMARTS) is 1. The van der Waals surface area contributed by atoms with Gasteiger partial charge >= 0.3 is 5.97 Å². The molecule has 1 atom stereocenters. The molecule has 0 bridgehead atoms. The molecular formula is C13H14N4O3S. The van der Waals surface area contributed by atoms with E-state index in [1.165, 1.54) is 16.0 Å². The minimum absolute atomic E-state index is 0.136. The quantitative estimate of drug-likeness (QED) is 0.873. The lowest BCUT2D eigenvalue weighted by Crippen LogP contribution is -2.33. The predicted octanol–water partition coefficient (Wildman–Crippen LogP) is 1.54. The zero-order valence-corrected chi connectivity index (χ0v) is 12.1. The summed E-state index contributed by atoms with van der Waals surface area (Å²) in [6, 6.07) is 3.24. The van der Waals surface area contributed by atoms with Crippen molar-refractivity contribution >= 4 is 23.2 Å². The maximum absolute atomic E-state index is 12.2. The Morgan fingerprint density at radius 2 is 2.29 bits per heavy atom. The molecule has 8 heteroatoms. The predicted molar refractivity (Wildman–Crippen MR) is 76.2 cm³/mol. The van der Waals surface area contributed by atoms with Gasteiger partial charge in [-0.1, -0.05) is 11.3 Å². The molecule has 0 spiro atoms. The van der Waals surface area contributed by atoms with E-state index >= 15 is 0 Å². The molecule has 2 aromatic heterocycles. The van der Waals surface area contributed by atoms with Crippen molar-refractivity contribution in [2.75, 3.05) is 0 Å². The molecule has 7 nitrogen and oxygen atoms in total. The number of hydrogen-bond donors (Lipinski definition) is 2. The molecule has 2 N–H and O–H groups in total. The van der Waals surface area contributed by atoms with Crippen LogP contribution < -0.4 is 5.32 Å². The average molecular weight is 306 g/mol. The molecule has 0 saturated heterocycles. The van der Waals surface area contributed by atoms with Crippen LogP contribution in [-0.2, 0) is 4.79 Å². The number of carboxylic acids is 1. The molecule has 21 heavy (non-hydrogen) atoms. The highest BCUT2D eigenvalue weighted by Crippen LogP contribution is 2.29. The van der Waals surface area contributed by atoms with Crippen molar-refractivity contribution in [2.24, 2.45) is 0 Å². The zero-order valence-electron chi connectivity index (χ0n) is 11.3. The number of nitrogens with one attached hydrogen (secondary N) is 1. The van der Waals surface area contributed by atoms with E-state index in [0.29, 0.717) is 5.69 Å². The van der Waals surface area contributed by atoms with Crippen molar-refractivity contribution in [1.29, 1.82) is 0 Å². The summed E-state index contributed by atoms with van der Waals surface area (Å²) in [5, 5.41) is 21.6. The van der Waals surface area contributed by atoms with Crippen molar-refractivity contribution in [3.8, 4) is 10.6 Å². The standard InChI is InChI=1S/C13H14N4O3S/c1-7(12(18)14-8-4-5-8)17-11(9-3-2-6-21-9)10(13(19)20)15-16-17/h2-3,6-8H,4-5H2,1H3,(H,14,18)(H,19,20). The molecule has 1 amide bonds. The summed E-state index contributed by atoms with van der Waals surface area (Å²) < 4.78 is 1.38. The van der Waals surface area contributed by atoms with E-state index < -0.39 is 12.0 Å². The van der Waals surface area contributed by atoms with Crippen LogP contribution in [0.3, 0.4) is 0 Å². The molecule has 1 aliphatic carbocycles. The molecule has 0 radical (unpaired) electrons. The first-order valence-electron chi connectivity index (χ1n) is 6.60. The Morgan fingerprint density at radius 1 is 1.52 bits per heavy atom. The number of rotatable bonds is 5. The lowest BCUT2D eigenvalue weighted by Gasteiger charge is -2.14. The van der Waals surface area contributed by atoms with Gasteiger partial charge in [-0.3, -0.25) is 4.79 Å². The van der Waals surface area contributed by atoms with Crippen LogP contribution >= 0.6 is 11.3 Å². The van der Waals surface area contributed by atoms with Crippen molar-refractivity contribution < 1.29 is 14.7 Å². The van der Waals surface area contributed by atoms with Gasteiger partial charge in [0.2, 0.25) is 5.91 Å². The van der Waals surface area contributed by atoms with Crippen molar-refractivity contribution in [3.63, 3.8) is 0 Å². The number of thiophene rings is 1. The summed E-state index contributed by atoms with van der Waals surface area (Å²) >= 11 is 1.39. The number of carbonyl (C=O) groups is 2. The first kappa shape index (κ1) is 13.7. The normalized spacial score (nSPS) is 15.7. The molecule has 2 heterocycles. The fourth-order valence-electron chi connectivity index (χ4n) is 2.01. The first-order chi connectivity index (χ1) is 10.1. The van der Waals surface area contributed by atoms with E-state index in [2.05, 4.69) is 15.6 Å². The highest BCUT2D eigenvalue weighted by Gasteiger charge is 2.30. The summed E-state index contributed by atoms with van der Waals surface area (Å²) in [7, 11) is 0. The van der Waals surface area contributed by atoms with Crippen molar-refractivity contribution in [3.05, 3.63) is 23.2 Å². The zero-order chi connectivity index (χ0) is 15.0. The molecule has 3 rings (SSSR count). The second-order valence-electron chi connectivity index (χ2n) is 4.97. The maximum atomic E-state index is 12.2. The monoisotopic (exact) mass is 306 g/mol. The first-order valence-corrected chi connectivity index (χ1v) is 7.48. The molecule has 0 aliphatic heterocycles. The van der Waals surface area contributed by atoms with E-state index in [-0.39, 0.29) is 17.6 Å². The Morgan fingerprint density at radius 3 is 2.86 bits per heavy atom. The largest absolute Gasteiger partial charge is 0.476 e. The summed E-state index contributed by atoms with van der Waals surface area (Å²) in [5.74, 6) is -1.32. The summed E-state index contributed by atoms with van der Waals surface area (Å²) in [6.07, 6.45) is 1.99. The van der Waals surface area contributed by atoms with Crippen LogP contribution in [0.25, 0.3) is 10.6 Å². The molecular weight excluding hydrogens is 292 g/mol. The Kier molecular flexibility index (Phi) is 3.46. The minimum Gasteiger partial charge on any atom is -0.476 e. The van der Waals surface area contributed by atoms with Crippen LogP contribution in [0.5, 0.6) is 0 Å². The second kappa shape index (κ2) is 5.28. The third-order valence-corrected chi connectivity index (χ3v) is 4.20. The number of amides is 1. The van der Waals surface area contributed by atoms with Crippen LogP contribution in [0, 0.1) is 0 Å². The number of aromatic carboxylic acids is 1. The van der Waals surface area contributed by atoms with E-state index in [1.54, 1.807) is 13.0 Å². The maximum Gasteiger partial charge on any atom is 0.358 e. The fourth-order valence-corrected chi connectivity index (χ4v) is 2.77. The van der Waals surface area contributed by atoms with Crippen molar-refractivity contribution in [1.82, 2.24) is 20.3 Å². The fraction of sp³-hybridized carbons (Fsp3) is 0.385. The lowest BCUT2D eigenvalue weighted by atomic mass is 10.2. The molecule has 0 aromatic carbocycles. The highest BCUT2D eigenvalue weighted by atomic mass is 32.1. The second-order valence-corrected chi connectivity index (χ2v) is 5.92. The van der Waals surface area contributed by atoms with Gasteiger partial charge in [0, 0.05) is 6.04 Å². The Bertz CT molecular complexity index is 676. The number of nitrogens with zero attached hydrogens (tertiary/aromatic N) is 3. The number of carbonyl (C=O) groups excluding carboxylic acids is 1. The van der Waals surface area contributed by atoms with Crippen LogP contribution in [0.1, 0.15) is 36.3 Å². The van der Waals surface area contributed by atoms with Gasteiger partial charge in [-0.05, 0) is 31.2 Å². The summed E-state index contributed by atoms with van der Waals surface area (Å²) in [4.78, 5) is 24.2. The van der Waals surface area contributed by atoms with Crippen LogP contribution in [0.2, 0.25) is 0 Å². The summed E-state index contributed by atoms with van der Waals surface area (Å²) in [6.45, 7) is 1.69. The lowest BCUT2D eigenvalue weighted by molar-refractivity contribution is -0.124. The van der Waals surface area contributed by atoms with Gasteiger partial charge in [-0.25, -0.2) is 9.48 Å². The highest BCUT2D eigenvalue weighted by molar-refractivity contribution is 7.13. The SMILES string of the molecule is CC(C(=O)NC1CC1)n1nnc(C(=O)O)c1-c1cccs1. The molecule has 1 fully saturated rings. The third kappa shape index (κ3) is 2.66. The Hall–Kier alpha value is -2.22. The number of hydrogen-bond acceptors (Lipinski definition) is 5. The minimum atomic E-state index is -1.15. The van der Waals surface area contributed by atoms with Gasteiger partial charge in [0.05, 0.1) is 4.88 Å². The molecule has 2 aromatic rings. The van der Waals surface area contributed by atoms with Crippen LogP contribution in [0.4, 0.5) is 0 Å². The van der Waals surface area contributed by atoms with E-state index in [1.807, 2.05) is 11.4 Å². The van der Waals surface area contributed by atoms with Gasteiger partial charge in [-0.2, -0.15) is 0 Å². The average Bonchev–Trinajstić information content (AvgIpc) is 2.96. The van der Waals surface area contributed by atoms with Gasteiger partial charge in [0.1, 0.15) is 11.7 Å². The molecule has 1 aliphatic rings. The molecule has 1 saturated carbocycles. The van der Waals surface area contributed by atoms with Gasteiger partial charge < -0.3 is 10.4 Å². The van der Waals surface area contributed by atoms with Crippen LogP contribution in [0.15, 0.2) is 17.5 Å².